The zero-order chi connectivity index (χ0) is 13.3. The number of carbonyl (C=O) groups excluding carboxylic acids is 1. The summed E-state index contributed by atoms with van der Waals surface area (Å²) in [6, 6.07) is 1.56. The molecule has 0 bridgehead atoms. The summed E-state index contributed by atoms with van der Waals surface area (Å²) in [6.45, 7) is 0. The molecule has 0 spiro atoms. The van der Waals surface area contributed by atoms with Crippen LogP contribution < -0.4 is 11.3 Å². The Hall–Kier alpha value is -2.57. The molecule has 0 radical (unpaired) electrons. The first-order chi connectivity index (χ1) is 8.56. The fraction of sp³-hybridized carbons (Fsp3) is 0.182. The van der Waals surface area contributed by atoms with Crippen LogP contribution in [0.15, 0.2) is 23.3 Å². The fourth-order valence-corrected chi connectivity index (χ4v) is 1.66. The average molecular weight is 248 g/mol. The summed E-state index contributed by atoms with van der Waals surface area (Å²) >= 11 is 0. The molecule has 0 aliphatic heterocycles. The molecule has 0 fully saturated rings. The van der Waals surface area contributed by atoms with Crippen molar-refractivity contribution in [1.29, 1.82) is 0 Å². The number of ether oxygens (including phenoxy) is 1. The van der Waals surface area contributed by atoms with Crippen LogP contribution in [-0.4, -0.2) is 27.8 Å². The van der Waals surface area contributed by atoms with Gasteiger partial charge in [0.15, 0.2) is 5.69 Å². The van der Waals surface area contributed by atoms with E-state index in [0.717, 1.165) is 0 Å². The summed E-state index contributed by atoms with van der Waals surface area (Å²) < 4.78 is 5.81. The van der Waals surface area contributed by atoms with Crippen LogP contribution in [0.1, 0.15) is 10.5 Å². The Morgan fingerprint density at radius 1 is 1.56 bits per heavy atom. The number of carbonyl (C=O) groups is 1. The minimum atomic E-state index is -0.633. The van der Waals surface area contributed by atoms with E-state index < -0.39 is 5.97 Å². The molecule has 7 heteroatoms. The van der Waals surface area contributed by atoms with E-state index in [2.05, 4.69) is 14.8 Å². The minimum Gasteiger partial charge on any atom is -0.464 e. The van der Waals surface area contributed by atoms with Crippen molar-refractivity contribution in [2.24, 2.45) is 7.05 Å². The summed E-state index contributed by atoms with van der Waals surface area (Å²) in [5.41, 5.74) is 6.41. The van der Waals surface area contributed by atoms with Gasteiger partial charge in [0.05, 0.1) is 12.7 Å². The molecule has 2 heterocycles. The number of hydrogen-bond acceptors (Lipinski definition) is 5. The zero-order valence-corrected chi connectivity index (χ0v) is 9.93. The molecule has 0 aromatic carbocycles. The topological polar surface area (TPSA) is 103 Å². The van der Waals surface area contributed by atoms with Crippen LogP contribution in [0, 0.1) is 0 Å². The Kier molecular flexibility index (Phi) is 2.88. The molecule has 0 atom stereocenters. The Labute approximate surface area is 102 Å². The number of aromatic nitrogens is 3. The molecule has 0 aliphatic rings. The van der Waals surface area contributed by atoms with Gasteiger partial charge < -0.3 is 10.5 Å². The van der Waals surface area contributed by atoms with Crippen molar-refractivity contribution in [3.63, 3.8) is 0 Å². The fourth-order valence-electron chi connectivity index (χ4n) is 1.66. The third-order valence-electron chi connectivity index (χ3n) is 2.56. The number of hydrogen-bond donors (Lipinski definition) is 2. The number of nitrogen functional groups attached to an aromatic ring is 1. The van der Waals surface area contributed by atoms with Crippen LogP contribution in [0.25, 0.3) is 11.1 Å². The first-order valence-electron chi connectivity index (χ1n) is 5.13. The number of aryl methyl sites for hydroxylation is 1. The predicted octanol–water partition coefficient (Wildman–Crippen LogP) is 0.144. The van der Waals surface area contributed by atoms with Gasteiger partial charge in [-0.25, -0.2) is 4.79 Å². The zero-order valence-electron chi connectivity index (χ0n) is 9.93. The number of nitrogens with two attached hydrogens (primary N) is 1. The summed E-state index contributed by atoms with van der Waals surface area (Å²) in [5.74, 6) is -0.633. The van der Waals surface area contributed by atoms with Gasteiger partial charge in [-0.15, -0.1) is 0 Å². The van der Waals surface area contributed by atoms with E-state index in [4.69, 9.17) is 5.73 Å². The summed E-state index contributed by atoms with van der Waals surface area (Å²) in [6.07, 6.45) is 2.94. The lowest BCUT2D eigenvalue weighted by atomic mass is 10.1. The molecule has 0 amide bonds. The molecular formula is C11H12N4O3. The summed E-state index contributed by atoms with van der Waals surface area (Å²) in [4.78, 5) is 27.5. The molecule has 0 saturated heterocycles. The monoisotopic (exact) mass is 248 g/mol. The highest BCUT2D eigenvalue weighted by Gasteiger charge is 2.22. The number of esters is 1. The van der Waals surface area contributed by atoms with Gasteiger partial charge in [-0.1, -0.05) is 0 Å². The standard InChI is InChI=1S/C11H12N4O3/c1-15-10(16)8(9(14-15)11(17)18-2)6-5-13-4-3-7(6)12/h3-5,14H,1-2H3,(H2,12,13). The van der Waals surface area contributed by atoms with Crippen LogP contribution in [0.3, 0.4) is 0 Å². The smallest absolute Gasteiger partial charge is 0.356 e. The van der Waals surface area contributed by atoms with Crippen molar-refractivity contribution in [2.75, 3.05) is 12.8 Å². The van der Waals surface area contributed by atoms with Gasteiger partial charge in [0.2, 0.25) is 0 Å². The average Bonchev–Trinajstić information content (AvgIpc) is 2.66. The third-order valence-corrected chi connectivity index (χ3v) is 2.56. The number of nitrogens with one attached hydrogen (secondary N) is 1. The number of H-pyrrole nitrogens is 1. The van der Waals surface area contributed by atoms with Crippen LogP contribution in [0.4, 0.5) is 5.69 Å². The van der Waals surface area contributed by atoms with Gasteiger partial charge in [0, 0.05) is 30.7 Å². The maximum absolute atomic E-state index is 12.0. The predicted molar refractivity (Wildman–Crippen MR) is 65.0 cm³/mol. The molecule has 2 rings (SSSR count). The van der Waals surface area contributed by atoms with Crippen molar-refractivity contribution in [3.8, 4) is 11.1 Å². The van der Waals surface area contributed by atoms with Crippen LogP contribution in [-0.2, 0) is 11.8 Å². The van der Waals surface area contributed by atoms with E-state index in [1.54, 1.807) is 6.07 Å². The Bertz CT molecular complexity index is 657. The van der Waals surface area contributed by atoms with Crippen molar-refractivity contribution in [2.45, 2.75) is 0 Å². The largest absolute Gasteiger partial charge is 0.464 e. The van der Waals surface area contributed by atoms with Gasteiger partial charge in [-0.3, -0.25) is 19.6 Å². The third kappa shape index (κ3) is 1.75. The van der Waals surface area contributed by atoms with E-state index in [1.807, 2.05) is 0 Å². The lowest BCUT2D eigenvalue weighted by Crippen LogP contribution is -2.13. The number of methoxy groups -OCH3 is 1. The van der Waals surface area contributed by atoms with Gasteiger partial charge in [0.1, 0.15) is 0 Å². The Balaban J connectivity index is 2.75. The van der Waals surface area contributed by atoms with Gasteiger partial charge in [-0.2, -0.15) is 0 Å². The minimum absolute atomic E-state index is 0.0599. The Morgan fingerprint density at radius 2 is 2.28 bits per heavy atom. The second kappa shape index (κ2) is 4.36. The van der Waals surface area contributed by atoms with Gasteiger partial charge in [0.25, 0.3) is 5.56 Å². The lowest BCUT2D eigenvalue weighted by Gasteiger charge is -2.03. The second-order valence-corrected chi connectivity index (χ2v) is 3.68. The van der Waals surface area contributed by atoms with E-state index in [9.17, 15) is 9.59 Å². The second-order valence-electron chi connectivity index (χ2n) is 3.68. The number of pyridine rings is 1. The van der Waals surface area contributed by atoms with Crippen molar-refractivity contribution in [1.82, 2.24) is 14.8 Å². The van der Waals surface area contributed by atoms with Crippen LogP contribution in [0.2, 0.25) is 0 Å². The SMILES string of the molecule is COC(=O)c1[nH]n(C)c(=O)c1-c1cnccc1N. The highest BCUT2D eigenvalue weighted by molar-refractivity contribution is 5.96. The molecule has 0 saturated carbocycles. The number of rotatable bonds is 2. The van der Waals surface area contributed by atoms with Crippen LogP contribution in [0.5, 0.6) is 0 Å². The molecule has 2 aromatic heterocycles. The van der Waals surface area contributed by atoms with E-state index >= 15 is 0 Å². The molecular weight excluding hydrogens is 236 g/mol. The van der Waals surface area contributed by atoms with Crippen molar-refractivity contribution in [3.05, 3.63) is 34.5 Å². The molecule has 94 valence electrons. The molecule has 7 nitrogen and oxygen atoms in total. The number of aromatic amines is 1. The molecule has 0 unspecified atom stereocenters. The normalized spacial score (nSPS) is 10.3. The van der Waals surface area contributed by atoms with E-state index in [-0.39, 0.29) is 16.8 Å². The maximum Gasteiger partial charge on any atom is 0.356 e. The number of nitrogens with zero attached hydrogens (tertiary/aromatic N) is 2. The maximum atomic E-state index is 12.0. The highest BCUT2D eigenvalue weighted by atomic mass is 16.5. The van der Waals surface area contributed by atoms with Gasteiger partial charge in [-0.05, 0) is 6.07 Å². The first kappa shape index (κ1) is 11.9. The van der Waals surface area contributed by atoms with Crippen molar-refractivity contribution >= 4 is 11.7 Å². The summed E-state index contributed by atoms with van der Waals surface area (Å²) in [5, 5.41) is 2.64. The first-order valence-corrected chi connectivity index (χ1v) is 5.13. The van der Waals surface area contributed by atoms with Crippen LogP contribution >= 0.6 is 0 Å². The summed E-state index contributed by atoms with van der Waals surface area (Å²) in [7, 11) is 2.74. The number of anilines is 1. The molecule has 0 aliphatic carbocycles. The van der Waals surface area contributed by atoms with Crippen molar-refractivity contribution < 1.29 is 9.53 Å². The molecule has 18 heavy (non-hydrogen) atoms. The van der Waals surface area contributed by atoms with Gasteiger partial charge >= 0.3 is 5.97 Å². The van der Waals surface area contributed by atoms with E-state index in [0.29, 0.717) is 11.3 Å². The Morgan fingerprint density at radius 3 is 2.89 bits per heavy atom. The highest BCUT2D eigenvalue weighted by Crippen LogP contribution is 2.24. The lowest BCUT2D eigenvalue weighted by molar-refractivity contribution is 0.0594. The molecule has 3 N–H and O–H groups in total. The quantitative estimate of drug-likeness (QED) is 0.736. The molecule has 2 aromatic rings. The van der Waals surface area contributed by atoms with E-state index in [1.165, 1.54) is 31.2 Å².